The average molecular weight is 354 g/mol. The lowest BCUT2D eigenvalue weighted by Gasteiger charge is -2.06. The monoisotopic (exact) mass is 354 g/mol. The Labute approximate surface area is 141 Å². The van der Waals surface area contributed by atoms with Crippen molar-refractivity contribution >= 4 is 9.84 Å². The minimum atomic E-state index is -4.16. The lowest BCUT2D eigenvalue weighted by molar-refractivity contribution is 0.565. The smallest absolute Gasteiger partial charge is 0.212 e. The molecule has 2 aromatic carbocycles. The maximum absolute atomic E-state index is 13.0. The molecule has 124 valence electrons. The third kappa shape index (κ3) is 2.55. The van der Waals surface area contributed by atoms with Gasteiger partial charge < -0.3 is 0 Å². The zero-order valence-electron chi connectivity index (χ0n) is 12.6. The molecule has 0 bridgehead atoms. The van der Waals surface area contributed by atoms with Gasteiger partial charge in [-0.1, -0.05) is 46.6 Å². The van der Waals surface area contributed by atoms with Gasteiger partial charge >= 0.3 is 0 Å². The van der Waals surface area contributed by atoms with Crippen molar-refractivity contribution in [1.82, 2.24) is 40.4 Å². The summed E-state index contributed by atoms with van der Waals surface area (Å²) in [6, 6.07) is 17.4. The second-order valence-electron chi connectivity index (χ2n) is 4.92. The van der Waals surface area contributed by atoms with Gasteiger partial charge in [-0.15, -0.1) is 0 Å². The fraction of sp³-hybridized carbons (Fsp3) is 0. The summed E-state index contributed by atoms with van der Waals surface area (Å²) >= 11 is 0. The molecule has 0 aliphatic rings. The van der Waals surface area contributed by atoms with E-state index in [1.165, 1.54) is 0 Å². The Bertz CT molecular complexity index is 1020. The number of nitrogens with zero attached hydrogens (tertiary/aromatic N) is 8. The third-order valence-electron chi connectivity index (χ3n) is 3.36. The van der Waals surface area contributed by atoms with E-state index in [4.69, 9.17) is 0 Å². The maximum atomic E-state index is 13.0. The summed E-state index contributed by atoms with van der Waals surface area (Å²) in [6.07, 6.45) is 0. The van der Waals surface area contributed by atoms with Crippen molar-refractivity contribution in [2.45, 2.75) is 10.3 Å². The SMILES string of the molecule is O=S(=O)(c1nnnn1-c1ccccc1)c1nnnn1-c1ccccc1. The molecule has 0 saturated heterocycles. The van der Waals surface area contributed by atoms with Crippen LogP contribution in [0.3, 0.4) is 0 Å². The van der Waals surface area contributed by atoms with Gasteiger partial charge in [-0.25, -0.2) is 8.42 Å². The highest BCUT2D eigenvalue weighted by atomic mass is 32.2. The predicted octanol–water partition coefficient (Wildman–Crippen LogP) is 0.471. The molecule has 4 rings (SSSR count). The van der Waals surface area contributed by atoms with Crippen LogP contribution in [0.1, 0.15) is 0 Å². The molecular formula is C14H10N8O2S. The molecule has 0 aliphatic carbocycles. The van der Waals surface area contributed by atoms with Crippen molar-refractivity contribution in [2.75, 3.05) is 0 Å². The Morgan fingerprint density at radius 3 is 1.44 bits per heavy atom. The van der Waals surface area contributed by atoms with E-state index < -0.39 is 9.84 Å². The summed E-state index contributed by atoms with van der Waals surface area (Å²) in [5.74, 6) is 0. The quantitative estimate of drug-likeness (QED) is 0.518. The molecule has 0 radical (unpaired) electrons. The van der Waals surface area contributed by atoms with Crippen LogP contribution >= 0.6 is 0 Å². The van der Waals surface area contributed by atoms with E-state index >= 15 is 0 Å². The number of hydrogen-bond donors (Lipinski definition) is 0. The van der Waals surface area contributed by atoms with Crippen LogP contribution < -0.4 is 0 Å². The lowest BCUT2D eigenvalue weighted by atomic mass is 10.3. The molecule has 4 aromatic rings. The Morgan fingerprint density at radius 1 is 0.640 bits per heavy atom. The summed E-state index contributed by atoms with van der Waals surface area (Å²) in [6.45, 7) is 0. The van der Waals surface area contributed by atoms with Gasteiger partial charge in [-0.3, -0.25) is 0 Å². The maximum Gasteiger partial charge on any atom is 0.280 e. The first kappa shape index (κ1) is 15.1. The standard InChI is InChI=1S/C14H10N8O2S/c23-25(24,13-15-17-19-21(13)11-7-3-1-4-8-11)14-16-18-20-22(14)12-9-5-2-6-10-12/h1-10H. The molecule has 2 aromatic heterocycles. The highest BCUT2D eigenvalue weighted by molar-refractivity contribution is 7.91. The molecule has 0 N–H and O–H groups in total. The number of tetrazole rings is 2. The second-order valence-corrected chi connectivity index (χ2v) is 6.66. The normalized spacial score (nSPS) is 11.5. The van der Waals surface area contributed by atoms with Crippen molar-refractivity contribution in [3.05, 3.63) is 60.7 Å². The molecule has 0 saturated carbocycles. The van der Waals surface area contributed by atoms with E-state index in [1.807, 2.05) is 0 Å². The Morgan fingerprint density at radius 2 is 1.04 bits per heavy atom. The van der Waals surface area contributed by atoms with Crippen molar-refractivity contribution in [3.8, 4) is 11.4 Å². The summed E-state index contributed by atoms with van der Waals surface area (Å²) in [7, 11) is -4.16. The van der Waals surface area contributed by atoms with E-state index in [0.29, 0.717) is 11.4 Å². The van der Waals surface area contributed by atoms with Gasteiger partial charge in [-0.05, 0) is 45.1 Å². The molecule has 0 atom stereocenters. The number of benzene rings is 2. The van der Waals surface area contributed by atoms with Gasteiger partial charge in [0, 0.05) is 0 Å². The number of para-hydroxylation sites is 2. The second kappa shape index (κ2) is 5.87. The minimum Gasteiger partial charge on any atom is -0.212 e. The number of aromatic nitrogens is 8. The first-order chi connectivity index (χ1) is 12.2. The largest absolute Gasteiger partial charge is 0.280 e. The third-order valence-corrected chi connectivity index (χ3v) is 4.83. The number of hydrogen-bond acceptors (Lipinski definition) is 8. The zero-order chi connectivity index (χ0) is 17.3. The average Bonchev–Trinajstić information content (AvgIpc) is 3.33. The summed E-state index contributed by atoms with van der Waals surface area (Å²) in [5.41, 5.74) is 1.01. The topological polar surface area (TPSA) is 121 Å². The van der Waals surface area contributed by atoms with E-state index in [0.717, 1.165) is 9.36 Å². The van der Waals surface area contributed by atoms with Crippen LogP contribution in [0.4, 0.5) is 0 Å². The van der Waals surface area contributed by atoms with E-state index in [9.17, 15) is 8.42 Å². The van der Waals surface area contributed by atoms with Crippen LogP contribution in [-0.4, -0.2) is 48.8 Å². The zero-order valence-corrected chi connectivity index (χ0v) is 13.4. The molecule has 25 heavy (non-hydrogen) atoms. The van der Waals surface area contributed by atoms with Gasteiger partial charge in [0.05, 0.1) is 11.4 Å². The highest BCUT2D eigenvalue weighted by Crippen LogP contribution is 2.20. The molecule has 11 heteroatoms. The molecular weight excluding hydrogens is 344 g/mol. The highest BCUT2D eigenvalue weighted by Gasteiger charge is 2.32. The Balaban J connectivity index is 1.86. The molecule has 10 nitrogen and oxygen atoms in total. The molecule has 0 amide bonds. The van der Waals surface area contributed by atoms with Crippen molar-refractivity contribution in [1.29, 1.82) is 0 Å². The van der Waals surface area contributed by atoms with E-state index in [2.05, 4.69) is 31.1 Å². The van der Waals surface area contributed by atoms with Gasteiger partial charge in [-0.2, -0.15) is 9.36 Å². The lowest BCUT2D eigenvalue weighted by Crippen LogP contribution is -2.16. The molecule has 2 heterocycles. The van der Waals surface area contributed by atoms with Gasteiger partial charge in [0.2, 0.25) is 0 Å². The van der Waals surface area contributed by atoms with Gasteiger partial charge in [0.25, 0.3) is 20.2 Å². The summed E-state index contributed by atoms with van der Waals surface area (Å²) in [5, 5.41) is 21.1. The summed E-state index contributed by atoms with van der Waals surface area (Å²) in [4.78, 5) is 0. The summed E-state index contributed by atoms with van der Waals surface area (Å²) < 4.78 is 28.3. The van der Waals surface area contributed by atoms with E-state index in [1.54, 1.807) is 60.7 Å². The van der Waals surface area contributed by atoms with Crippen molar-refractivity contribution in [2.24, 2.45) is 0 Å². The molecule has 0 aliphatic heterocycles. The Hall–Kier alpha value is -3.47. The Kier molecular flexibility index (Phi) is 3.54. The van der Waals surface area contributed by atoms with Crippen LogP contribution in [0, 0.1) is 0 Å². The fourth-order valence-electron chi connectivity index (χ4n) is 2.24. The van der Waals surface area contributed by atoms with Crippen LogP contribution in [-0.2, 0) is 9.84 Å². The van der Waals surface area contributed by atoms with Crippen LogP contribution in [0.25, 0.3) is 11.4 Å². The van der Waals surface area contributed by atoms with Crippen molar-refractivity contribution in [3.63, 3.8) is 0 Å². The molecule has 0 spiro atoms. The predicted molar refractivity (Wildman–Crippen MR) is 83.8 cm³/mol. The first-order valence-electron chi connectivity index (χ1n) is 7.10. The number of sulfone groups is 1. The minimum absolute atomic E-state index is 0.370. The van der Waals surface area contributed by atoms with Crippen molar-refractivity contribution < 1.29 is 8.42 Å². The van der Waals surface area contributed by atoms with Gasteiger partial charge in [0.15, 0.2) is 0 Å². The van der Waals surface area contributed by atoms with E-state index in [-0.39, 0.29) is 10.3 Å². The van der Waals surface area contributed by atoms with Crippen LogP contribution in [0.15, 0.2) is 71.0 Å². The molecule has 0 unspecified atom stereocenters. The number of rotatable bonds is 4. The van der Waals surface area contributed by atoms with Crippen LogP contribution in [0.5, 0.6) is 0 Å². The van der Waals surface area contributed by atoms with Crippen LogP contribution in [0.2, 0.25) is 0 Å². The van der Waals surface area contributed by atoms with Gasteiger partial charge in [0.1, 0.15) is 0 Å². The fourth-order valence-corrected chi connectivity index (χ4v) is 3.43. The molecule has 0 fully saturated rings. The first-order valence-corrected chi connectivity index (χ1v) is 8.59.